The molecule has 1 atom stereocenters. The lowest BCUT2D eigenvalue weighted by molar-refractivity contribution is 0.0672. The number of rotatable bonds is 3. The van der Waals surface area contributed by atoms with Crippen LogP contribution in [0, 0.1) is 0 Å². The molecule has 3 N–H and O–H groups in total. The predicted octanol–water partition coefficient (Wildman–Crippen LogP) is 2.53. The Hall–Kier alpha value is -0.180. The molecule has 1 aliphatic heterocycles. The lowest BCUT2D eigenvalue weighted by Gasteiger charge is -2.28. The average Bonchev–Trinajstić information content (AvgIpc) is 2.46. The minimum absolute atomic E-state index is 0. The summed E-state index contributed by atoms with van der Waals surface area (Å²) >= 11 is 8.04. The number of hydrogen-bond donors (Lipinski definition) is 2. The highest BCUT2D eigenvalue weighted by Crippen LogP contribution is 2.28. The number of thioether (sulfide) groups is 1. The molecule has 1 heterocycles. The zero-order valence-electron chi connectivity index (χ0n) is 12.0. The fourth-order valence-corrected chi connectivity index (χ4v) is 3.35. The molecule has 0 aliphatic carbocycles. The van der Waals surface area contributed by atoms with Crippen LogP contribution < -0.4 is 5.73 Å². The molecular weight excluding hydrogens is 421 g/mol. The summed E-state index contributed by atoms with van der Waals surface area (Å²) in [6, 6.07) is 7.27. The third-order valence-electron chi connectivity index (χ3n) is 3.34. The Balaban J connectivity index is 0.00000220. The van der Waals surface area contributed by atoms with Gasteiger partial charge in [-0.1, -0.05) is 29.8 Å². The standard InChI is InChI=1S/C14H20ClN3OS.HI/c1-14(19,11-4-2-3-5-12(11)15)10-17-13(16)18-6-8-20-9-7-18;/h2-5,19H,6-10H2,1H3,(H2,16,17);1H. The number of guanidine groups is 1. The number of nitrogens with two attached hydrogens (primary N) is 1. The van der Waals surface area contributed by atoms with Gasteiger partial charge < -0.3 is 15.7 Å². The van der Waals surface area contributed by atoms with E-state index in [9.17, 15) is 5.11 Å². The van der Waals surface area contributed by atoms with Crippen molar-refractivity contribution < 1.29 is 5.11 Å². The van der Waals surface area contributed by atoms with Crippen molar-refractivity contribution in [1.82, 2.24) is 4.90 Å². The first-order valence-electron chi connectivity index (χ1n) is 6.61. The Kier molecular flexibility index (Phi) is 7.59. The van der Waals surface area contributed by atoms with Gasteiger partial charge in [0.15, 0.2) is 5.96 Å². The maximum absolute atomic E-state index is 10.5. The highest BCUT2D eigenvalue weighted by atomic mass is 127. The van der Waals surface area contributed by atoms with E-state index < -0.39 is 5.60 Å². The molecule has 0 radical (unpaired) electrons. The summed E-state index contributed by atoms with van der Waals surface area (Å²) in [5.41, 5.74) is 5.55. The summed E-state index contributed by atoms with van der Waals surface area (Å²) < 4.78 is 0. The van der Waals surface area contributed by atoms with Crippen LogP contribution in [0.5, 0.6) is 0 Å². The summed E-state index contributed by atoms with van der Waals surface area (Å²) in [4.78, 5) is 6.39. The molecule has 118 valence electrons. The Labute approximate surface area is 152 Å². The van der Waals surface area contributed by atoms with E-state index in [1.165, 1.54) is 0 Å². The molecule has 0 spiro atoms. The molecule has 4 nitrogen and oxygen atoms in total. The van der Waals surface area contributed by atoms with E-state index >= 15 is 0 Å². The van der Waals surface area contributed by atoms with Crippen LogP contribution >= 0.6 is 47.3 Å². The molecule has 0 amide bonds. The molecule has 7 heteroatoms. The summed E-state index contributed by atoms with van der Waals surface area (Å²) in [5, 5.41) is 11.1. The highest BCUT2D eigenvalue weighted by molar-refractivity contribution is 14.0. The van der Waals surface area contributed by atoms with E-state index in [-0.39, 0.29) is 30.5 Å². The van der Waals surface area contributed by atoms with E-state index in [1.807, 2.05) is 30.0 Å². The second kappa shape index (κ2) is 8.45. The summed E-state index contributed by atoms with van der Waals surface area (Å²) in [6.45, 7) is 3.73. The fraction of sp³-hybridized carbons (Fsp3) is 0.500. The van der Waals surface area contributed by atoms with Gasteiger partial charge in [-0.15, -0.1) is 24.0 Å². The van der Waals surface area contributed by atoms with Gasteiger partial charge in [0.05, 0.1) is 6.54 Å². The van der Waals surface area contributed by atoms with Crippen LogP contribution in [0.15, 0.2) is 29.3 Å². The number of hydrogen-bond acceptors (Lipinski definition) is 3. The van der Waals surface area contributed by atoms with Crippen LogP contribution in [0.4, 0.5) is 0 Å². The Bertz CT molecular complexity index is 493. The lowest BCUT2D eigenvalue weighted by Crippen LogP contribution is -2.43. The molecule has 1 fully saturated rings. The van der Waals surface area contributed by atoms with Crippen molar-refractivity contribution >= 4 is 53.3 Å². The Morgan fingerprint density at radius 2 is 2.05 bits per heavy atom. The second-order valence-corrected chi connectivity index (χ2v) is 6.66. The van der Waals surface area contributed by atoms with Gasteiger partial charge in [-0.2, -0.15) is 11.8 Å². The van der Waals surface area contributed by atoms with Crippen molar-refractivity contribution in [2.24, 2.45) is 10.7 Å². The van der Waals surface area contributed by atoms with Gasteiger partial charge >= 0.3 is 0 Å². The maximum Gasteiger partial charge on any atom is 0.191 e. The normalized spacial score (nSPS) is 18.8. The number of aliphatic imine (C=N–C) groups is 1. The molecule has 2 rings (SSSR count). The van der Waals surface area contributed by atoms with Crippen molar-refractivity contribution in [1.29, 1.82) is 0 Å². The van der Waals surface area contributed by atoms with E-state index in [0.717, 1.165) is 24.6 Å². The topological polar surface area (TPSA) is 61.9 Å². The van der Waals surface area contributed by atoms with E-state index in [2.05, 4.69) is 9.89 Å². The predicted molar refractivity (Wildman–Crippen MR) is 102 cm³/mol. The number of nitrogens with zero attached hydrogens (tertiary/aromatic N) is 2. The lowest BCUT2D eigenvalue weighted by atomic mass is 9.96. The van der Waals surface area contributed by atoms with E-state index in [4.69, 9.17) is 17.3 Å². The molecule has 0 aromatic heterocycles. The third kappa shape index (κ3) is 5.19. The van der Waals surface area contributed by atoms with Gasteiger partial charge in [-0.25, -0.2) is 4.99 Å². The molecule has 1 unspecified atom stereocenters. The molecule has 0 saturated carbocycles. The molecule has 1 aromatic rings. The van der Waals surface area contributed by atoms with Gasteiger partial charge in [0, 0.05) is 35.2 Å². The summed E-state index contributed by atoms with van der Waals surface area (Å²) in [5.74, 6) is 2.63. The van der Waals surface area contributed by atoms with Crippen LogP contribution in [0.2, 0.25) is 5.02 Å². The van der Waals surface area contributed by atoms with Gasteiger partial charge in [-0.05, 0) is 13.0 Å². The Morgan fingerprint density at radius 3 is 2.67 bits per heavy atom. The van der Waals surface area contributed by atoms with Gasteiger partial charge in [0.1, 0.15) is 5.60 Å². The fourth-order valence-electron chi connectivity index (χ4n) is 2.11. The molecule has 1 aromatic carbocycles. The smallest absolute Gasteiger partial charge is 0.191 e. The molecule has 1 aliphatic rings. The first kappa shape index (κ1) is 18.9. The first-order valence-corrected chi connectivity index (χ1v) is 8.14. The first-order chi connectivity index (χ1) is 9.50. The molecular formula is C14H21ClIN3OS. The monoisotopic (exact) mass is 441 g/mol. The summed E-state index contributed by atoms with van der Waals surface area (Å²) in [7, 11) is 0. The van der Waals surface area contributed by atoms with Crippen LogP contribution in [0.3, 0.4) is 0 Å². The van der Waals surface area contributed by atoms with Crippen LogP contribution in [0.25, 0.3) is 0 Å². The Morgan fingerprint density at radius 1 is 1.43 bits per heavy atom. The third-order valence-corrected chi connectivity index (χ3v) is 4.61. The van der Waals surface area contributed by atoms with Crippen LogP contribution in [0.1, 0.15) is 12.5 Å². The van der Waals surface area contributed by atoms with Gasteiger partial charge in [0.2, 0.25) is 0 Å². The number of aliphatic hydroxyl groups is 1. The minimum atomic E-state index is -1.12. The quantitative estimate of drug-likeness (QED) is 0.430. The summed E-state index contributed by atoms with van der Waals surface area (Å²) in [6.07, 6.45) is 0. The molecule has 0 bridgehead atoms. The zero-order chi connectivity index (χ0) is 14.6. The maximum atomic E-state index is 10.5. The van der Waals surface area contributed by atoms with Crippen molar-refractivity contribution in [3.05, 3.63) is 34.9 Å². The van der Waals surface area contributed by atoms with Crippen LogP contribution in [-0.2, 0) is 5.60 Å². The SMILES string of the molecule is CC(O)(CN=C(N)N1CCSCC1)c1ccccc1Cl.I. The van der Waals surface area contributed by atoms with Crippen LogP contribution in [-0.4, -0.2) is 47.1 Å². The molecule has 1 saturated heterocycles. The van der Waals surface area contributed by atoms with E-state index in [1.54, 1.807) is 13.0 Å². The van der Waals surface area contributed by atoms with Gasteiger partial charge in [-0.3, -0.25) is 0 Å². The van der Waals surface area contributed by atoms with Crippen molar-refractivity contribution in [3.8, 4) is 0 Å². The number of benzene rings is 1. The molecule has 21 heavy (non-hydrogen) atoms. The second-order valence-electron chi connectivity index (χ2n) is 5.03. The van der Waals surface area contributed by atoms with E-state index in [0.29, 0.717) is 16.5 Å². The number of halogens is 2. The van der Waals surface area contributed by atoms with Crippen molar-refractivity contribution in [2.45, 2.75) is 12.5 Å². The van der Waals surface area contributed by atoms with Gasteiger partial charge in [0.25, 0.3) is 0 Å². The minimum Gasteiger partial charge on any atom is -0.383 e. The highest BCUT2D eigenvalue weighted by Gasteiger charge is 2.25. The van der Waals surface area contributed by atoms with Crippen molar-refractivity contribution in [3.63, 3.8) is 0 Å². The average molecular weight is 442 g/mol. The van der Waals surface area contributed by atoms with Crippen molar-refractivity contribution in [2.75, 3.05) is 31.1 Å². The largest absolute Gasteiger partial charge is 0.383 e. The zero-order valence-corrected chi connectivity index (χ0v) is 15.9.